The molecule has 0 aliphatic heterocycles. The van der Waals surface area contributed by atoms with Gasteiger partial charge in [0.25, 0.3) is 0 Å². The van der Waals surface area contributed by atoms with Gasteiger partial charge in [-0.05, 0) is 72.2 Å². The lowest BCUT2D eigenvalue weighted by Gasteiger charge is -2.14. The fraction of sp³-hybridized carbons (Fsp3) is 0.360. The molecule has 1 nitrogen and oxygen atoms in total. The zero-order valence-corrected chi connectivity index (χ0v) is 18.6. The van der Waals surface area contributed by atoms with Gasteiger partial charge in [-0.2, -0.15) is 13.2 Å². The second-order valence-electron chi connectivity index (χ2n) is 7.51. The predicted molar refractivity (Wildman–Crippen MR) is 118 cm³/mol. The SMILES string of the molecule is CCCc1ccc(OCc2sc(C(F)(F)F)cc2-c2ccc(CC)cc2)c(C)c1C. The second-order valence-corrected chi connectivity index (χ2v) is 8.64. The molecule has 3 aromatic rings. The maximum absolute atomic E-state index is 13.4. The molecule has 0 unspecified atom stereocenters. The topological polar surface area (TPSA) is 9.23 Å². The van der Waals surface area contributed by atoms with Crippen LogP contribution in [0.2, 0.25) is 0 Å². The van der Waals surface area contributed by atoms with Crippen LogP contribution in [0.15, 0.2) is 42.5 Å². The van der Waals surface area contributed by atoms with E-state index >= 15 is 0 Å². The summed E-state index contributed by atoms with van der Waals surface area (Å²) in [5.41, 5.74) is 6.04. The Balaban J connectivity index is 1.91. The molecule has 1 heterocycles. The lowest BCUT2D eigenvalue weighted by molar-refractivity contribution is -0.134. The van der Waals surface area contributed by atoms with Crippen LogP contribution in [0.3, 0.4) is 0 Å². The van der Waals surface area contributed by atoms with Crippen LogP contribution in [0.4, 0.5) is 13.2 Å². The highest BCUT2D eigenvalue weighted by Crippen LogP contribution is 2.41. The van der Waals surface area contributed by atoms with E-state index in [1.165, 1.54) is 17.2 Å². The van der Waals surface area contributed by atoms with Crippen LogP contribution < -0.4 is 4.74 Å². The minimum Gasteiger partial charge on any atom is -0.488 e. The minimum absolute atomic E-state index is 0.110. The second kappa shape index (κ2) is 9.25. The number of alkyl halides is 3. The average Bonchev–Trinajstić information content (AvgIpc) is 3.16. The zero-order chi connectivity index (χ0) is 21.9. The maximum atomic E-state index is 13.4. The molecule has 160 valence electrons. The molecule has 3 rings (SSSR count). The maximum Gasteiger partial charge on any atom is 0.425 e. The Bertz CT molecular complexity index is 1000. The average molecular weight is 433 g/mol. The van der Waals surface area contributed by atoms with Gasteiger partial charge in [0.05, 0.1) is 4.88 Å². The Morgan fingerprint density at radius 3 is 2.23 bits per heavy atom. The Kier molecular flexibility index (Phi) is 6.91. The number of aryl methyl sites for hydroxylation is 2. The molecule has 30 heavy (non-hydrogen) atoms. The first kappa shape index (κ1) is 22.4. The standard InChI is InChI=1S/C25H27F3OS/c1-5-7-19-12-13-22(17(4)16(19)3)29-15-23-21(14-24(30-23)25(26,27)28)20-10-8-18(6-2)9-11-20/h8-14H,5-7,15H2,1-4H3. The van der Waals surface area contributed by atoms with E-state index in [0.29, 0.717) is 10.4 Å². The van der Waals surface area contributed by atoms with E-state index in [9.17, 15) is 13.2 Å². The van der Waals surface area contributed by atoms with Crippen molar-refractivity contribution >= 4 is 11.3 Å². The number of ether oxygens (including phenoxy) is 1. The lowest BCUT2D eigenvalue weighted by Crippen LogP contribution is -2.01. The third-order valence-corrected chi connectivity index (χ3v) is 6.64. The molecule has 0 amide bonds. The fourth-order valence-electron chi connectivity index (χ4n) is 3.53. The molecule has 2 aromatic carbocycles. The summed E-state index contributed by atoms with van der Waals surface area (Å²) in [5.74, 6) is 0.724. The highest BCUT2D eigenvalue weighted by Gasteiger charge is 2.34. The summed E-state index contributed by atoms with van der Waals surface area (Å²) in [6.07, 6.45) is -1.41. The molecule has 1 aromatic heterocycles. The molecular weight excluding hydrogens is 405 g/mol. The molecule has 0 saturated carbocycles. The molecule has 0 fully saturated rings. The molecule has 0 aliphatic carbocycles. The van der Waals surface area contributed by atoms with Crippen molar-refractivity contribution in [2.75, 3.05) is 0 Å². The van der Waals surface area contributed by atoms with Crippen LogP contribution in [-0.2, 0) is 25.6 Å². The Morgan fingerprint density at radius 1 is 0.933 bits per heavy atom. The Morgan fingerprint density at radius 2 is 1.63 bits per heavy atom. The Labute approximate surface area is 180 Å². The van der Waals surface area contributed by atoms with Gasteiger partial charge in [0.15, 0.2) is 0 Å². The van der Waals surface area contributed by atoms with Crippen molar-refractivity contribution in [2.24, 2.45) is 0 Å². The van der Waals surface area contributed by atoms with Crippen LogP contribution in [0.1, 0.15) is 52.3 Å². The predicted octanol–water partition coefficient (Wildman–Crippen LogP) is 8.14. The molecule has 5 heteroatoms. The number of benzene rings is 2. The summed E-state index contributed by atoms with van der Waals surface area (Å²) in [6, 6.07) is 12.9. The normalized spacial score (nSPS) is 11.7. The zero-order valence-electron chi connectivity index (χ0n) is 17.8. The molecule has 0 spiro atoms. The number of rotatable bonds is 7. The lowest BCUT2D eigenvalue weighted by atomic mass is 9.99. The summed E-state index contributed by atoms with van der Waals surface area (Å²) in [4.78, 5) is -0.0110. The van der Waals surface area contributed by atoms with Crippen LogP contribution in [0.5, 0.6) is 5.75 Å². The van der Waals surface area contributed by atoms with Crippen molar-refractivity contribution < 1.29 is 17.9 Å². The third-order valence-electron chi connectivity index (χ3n) is 5.49. The number of halogens is 3. The van der Waals surface area contributed by atoms with E-state index < -0.39 is 11.1 Å². The van der Waals surface area contributed by atoms with Crippen molar-refractivity contribution in [3.8, 4) is 16.9 Å². The van der Waals surface area contributed by atoms with Gasteiger partial charge in [0.2, 0.25) is 0 Å². The van der Waals surface area contributed by atoms with Gasteiger partial charge in [-0.15, -0.1) is 11.3 Å². The molecule has 0 aliphatic rings. The van der Waals surface area contributed by atoms with E-state index in [4.69, 9.17) is 4.74 Å². The quantitative estimate of drug-likeness (QED) is 0.366. The minimum atomic E-state index is -4.37. The first-order valence-electron chi connectivity index (χ1n) is 10.3. The van der Waals surface area contributed by atoms with Gasteiger partial charge in [-0.25, -0.2) is 0 Å². The van der Waals surface area contributed by atoms with E-state index in [0.717, 1.165) is 53.0 Å². The first-order chi connectivity index (χ1) is 14.2. The Hall–Kier alpha value is -2.27. The number of thiophene rings is 1. The van der Waals surface area contributed by atoms with Gasteiger partial charge in [-0.3, -0.25) is 0 Å². The van der Waals surface area contributed by atoms with Gasteiger partial charge in [0, 0.05) is 0 Å². The van der Waals surface area contributed by atoms with Crippen LogP contribution in [-0.4, -0.2) is 0 Å². The van der Waals surface area contributed by atoms with Gasteiger partial charge < -0.3 is 4.74 Å². The van der Waals surface area contributed by atoms with Crippen molar-refractivity contribution in [2.45, 2.75) is 59.7 Å². The molecule has 0 bridgehead atoms. The summed E-state index contributed by atoms with van der Waals surface area (Å²) in [5, 5.41) is 0. The van der Waals surface area contributed by atoms with Gasteiger partial charge in [-0.1, -0.05) is 50.6 Å². The summed E-state index contributed by atoms with van der Waals surface area (Å²) in [6.45, 7) is 8.38. The van der Waals surface area contributed by atoms with E-state index in [-0.39, 0.29) is 6.61 Å². The van der Waals surface area contributed by atoms with E-state index in [1.807, 2.05) is 37.3 Å². The highest BCUT2D eigenvalue weighted by molar-refractivity contribution is 7.12. The van der Waals surface area contributed by atoms with Crippen LogP contribution in [0.25, 0.3) is 11.1 Å². The van der Waals surface area contributed by atoms with E-state index in [1.54, 1.807) is 0 Å². The van der Waals surface area contributed by atoms with Gasteiger partial charge in [0.1, 0.15) is 17.2 Å². The molecular formula is C25H27F3OS. The van der Waals surface area contributed by atoms with Crippen molar-refractivity contribution in [1.82, 2.24) is 0 Å². The van der Waals surface area contributed by atoms with Crippen molar-refractivity contribution in [3.05, 3.63) is 74.5 Å². The highest BCUT2D eigenvalue weighted by atomic mass is 32.1. The molecule has 0 radical (unpaired) electrons. The summed E-state index contributed by atoms with van der Waals surface area (Å²) < 4.78 is 46.2. The number of hydrogen-bond donors (Lipinski definition) is 0. The van der Waals surface area contributed by atoms with Crippen LogP contribution >= 0.6 is 11.3 Å². The summed E-state index contributed by atoms with van der Waals surface area (Å²) >= 11 is 0.762. The van der Waals surface area contributed by atoms with Gasteiger partial charge >= 0.3 is 6.18 Å². The van der Waals surface area contributed by atoms with Crippen molar-refractivity contribution in [3.63, 3.8) is 0 Å². The first-order valence-corrected chi connectivity index (χ1v) is 11.1. The van der Waals surface area contributed by atoms with E-state index in [2.05, 4.69) is 26.8 Å². The van der Waals surface area contributed by atoms with Crippen LogP contribution in [0, 0.1) is 13.8 Å². The third kappa shape index (κ3) is 4.89. The summed E-state index contributed by atoms with van der Waals surface area (Å²) in [7, 11) is 0. The smallest absolute Gasteiger partial charge is 0.425 e. The molecule has 0 saturated heterocycles. The largest absolute Gasteiger partial charge is 0.488 e. The fourth-order valence-corrected chi connectivity index (χ4v) is 4.49. The number of hydrogen-bond acceptors (Lipinski definition) is 2. The monoisotopic (exact) mass is 432 g/mol. The molecule has 0 atom stereocenters. The molecule has 0 N–H and O–H groups in total. The van der Waals surface area contributed by atoms with Crippen molar-refractivity contribution in [1.29, 1.82) is 0 Å².